The zero-order valence-corrected chi connectivity index (χ0v) is 13.6. The van der Waals surface area contributed by atoms with E-state index in [0.29, 0.717) is 22.6 Å². The van der Waals surface area contributed by atoms with Gasteiger partial charge in [0.1, 0.15) is 5.75 Å². The molecule has 0 aliphatic heterocycles. The fraction of sp³-hybridized carbons (Fsp3) is 0.111. The lowest BCUT2D eigenvalue weighted by Crippen LogP contribution is -2.12. The van der Waals surface area contributed by atoms with E-state index in [0.717, 1.165) is 0 Å². The van der Waals surface area contributed by atoms with Crippen LogP contribution in [0.3, 0.4) is 0 Å². The SMILES string of the molecule is COc1cccc(-c2nnc(C(=O)Nc3ccc(C(C)=O)cc3)o2)c1. The Morgan fingerprint density at radius 3 is 2.52 bits per heavy atom. The lowest BCUT2D eigenvalue weighted by atomic mass is 10.1. The number of methoxy groups -OCH3 is 1. The van der Waals surface area contributed by atoms with Crippen LogP contribution >= 0.6 is 0 Å². The molecule has 2 aromatic carbocycles. The highest BCUT2D eigenvalue weighted by Gasteiger charge is 2.16. The second-order valence-electron chi connectivity index (χ2n) is 5.23. The van der Waals surface area contributed by atoms with Gasteiger partial charge >= 0.3 is 11.8 Å². The van der Waals surface area contributed by atoms with Gasteiger partial charge in [-0.05, 0) is 49.4 Å². The Balaban J connectivity index is 1.75. The molecule has 0 saturated heterocycles. The molecule has 0 atom stereocenters. The first-order valence-electron chi connectivity index (χ1n) is 7.47. The Kier molecular flexibility index (Phi) is 4.56. The highest BCUT2D eigenvalue weighted by atomic mass is 16.5. The van der Waals surface area contributed by atoms with Crippen molar-refractivity contribution in [1.82, 2.24) is 10.2 Å². The van der Waals surface area contributed by atoms with Crippen molar-refractivity contribution in [3.8, 4) is 17.2 Å². The quantitative estimate of drug-likeness (QED) is 0.719. The summed E-state index contributed by atoms with van der Waals surface area (Å²) in [4.78, 5) is 23.5. The number of benzene rings is 2. The Bertz CT molecular complexity index is 916. The number of aromatic nitrogens is 2. The summed E-state index contributed by atoms with van der Waals surface area (Å²) in [6.07, 6.45) is 0. The third-order valence-corrected chi connectivity index (χ3v) is 3.49. The number of hydrogen-bond donors (Lipinski definition) is 1. The predicted molar refractivity (Wildman–Crippen MR) is 90.7 cm³/mol. The summed E-state index contributed by atoms with van der Waals surface area (Å²) in [6, 6.07) is 13.6. The maximum atomic E-state index is 12.2. The van der Waals surface area contributed by atoms with E-state index < -0.39 is 5.91 Å². The summed E-state index contributed by atoms with van der Waals surface area (Å²) < 4.78 is 10.6. The molecule has 0 fully saturated rings. The number of carbonyl (C=O) groups is 2. The Morgan fingerprint density at radius 2 is 1.84 bits per heavy atom. The van der Waals surface area contributed by atoms with Crippen LogP contribution in [0.5, 0.6) is 5.75 Å². The molecule has 1 heterocycles. The average molecular weight is 337 g/mol. The molecule has 0 unspecified atom stereocenters. The summed E-state index contributed by atoms with van der Waals surface area (Å²) in [5, 5.41) is 10.3. The first-order chi connectivity index (χ1) is 12.1. The zero-order valence-electron chi connectivity index (χ0n) is 13.6. The number of anilines is 1. The molecular weight excluding hydrogens is 322 g/mol. The molecule has 7 nitrogen and oxygen atoms in total. The average Bonchev–Trinajstić information content (AvgIpc) is 3.12. The summed E-state index contributed by atoms with van der Waals surface area (Å²) in [5.41, 5.74) is 1.74. The normalized spacial score (nSPS) is 10.3. The van der Waals surface area contributed by atoms with E-state index >= 15 is 0 Å². The first kappa shape index (κ1) is 16.4. The summed E-state index contributed by atoms with van der Waals surface area (Å²) in [6.45, 7) is 1.48. The van der Waals surface area contributed by atoms with Crippen molar-refractivity contribution >= 4 is 17.4 Å². The molecule has 7 heteroatoms. The van der Waals surface area contributed by atoms with E-state index in [1.165, 1.54) is 6.92 Å². The summed E-state index contributed by atoms with van der Waals surface area (Å²) in [5.74, 6) is 0.131. The number of amides is 1. The number of rotatable bonds is 5. The summed E-state index contributed by atoms with van der Waals surface area (Å²) >= 11 is 0. The molecule has 25 heavy (non-hydrogen) atoms. The van der Waals surface area contributed by atoms with Crippen LogP contribution < -0.4 is 10.1 Å². The van der Waals surface area contributed by atoms with Gasteiger partial charge in [-0.2, -0.15) is 0 Å². The molecule has 3 rings (SSSR count). The maximum absolute atomic E-state index is 12.2. The Labute approximate surface area is 143 Å². The van der Waals surface area contributed by atoms with E-state index in [2.05, 4.69) is 15.5 Å². The molecule has 0 spiro atoms. The van der Waals surface area contributed by atoms with Gasteiger partial charge in [-0.15, -0.1) is 10.2 Å². The first-order valence-corrected chi connectivity index (χ1v) is 7.47. The van der Waals surface area contributed by atoms with Crippen LogP contribution in [0.2, 0.25) is 0 Å². The van der Waals surface area contributed by atoms with Crippen molar-refractivity contribution in [2.45, 2.75) is 6.92 Å². The summed E-state index contributed by atoms with van der Waals surface area (Å²) in [7, 11) is 1.56. The lowest BCUT2D eigenvalue weighted by molar-refractivity contribution is 0.0989. The van der Waals surface area contributed by atoms with Gasteiger partial charge in [0.05, 0.1) is 7.11 Å². The topological polar surface area (TPSA) is 94.3 Å². The molecule has 0 radical (unpaired) electrons. The Hall–Kier alpha value is -3.48. The fourth-order valence-corrected chi connectivity index (χ4v) is 2.16. The molecule has 1 amide bonds. The van der Waals surface area contributed by atoms with Crippen molar-refractivity contribution < 1.29 is 18.7 Å². The van der Waals surface area contributed by atoms with Crippen molar-refractivity contribution in [3.05, 3.63) is 60.0 Å². The van der Waals surface area contributed by atoms with Crippen LogP contribution in [0, 0.1) is 0 Å². The number of nitrogens with one attached hydrogen (secondary N) is 1. The van der Waals surface area contributed by atoms with Gasteiger partial charge in [0, 0.05) is 16.8 Å². The van der Waals surface area contributed by atoms with Crippen LogP contribution in [0.25, 0.3) is 11.5 Å². The number of ether oxygens (including phenoxy) is 1. The number of carbonyl (C=O) groups excluding carboxylic acids is 2. The van der Waals surface area contributed by atoms with E-state index in [-0.39, 0.29) is 17.6 Å². The molecule has 0 saturated carbocycles. The zero-order chi connectivity index (χ0) is 17.8. The van der Waals surface area contributed by atoms with Gasteiger partial charge in [0.2, 0.25) is 5.89 Å². The highest BCUT2D eigenvalue weighted by molar-refractivity contribution is 6.01. The molecule has 0 aliphatic carbocycles. The maximum Gasteiger partial charge on any atom is 0.313 e. The van der Waals surface area contributed by atoms with Crippen LogP contribution in [0.15, 0.2) is 52.9 Å². The lowest BCUT2D eigenvalue weighted by Gasteiger charge is -2.03. The van der Waals surface area contributed by atoms with Crippen LogP contribution in [-0.2, 0) is 0 Å². The van der Waals surface area contributed by atoms with Crippen molar-refractivity contribution in [2.24, 2.45) is 0 Å². The largest absolute Gasteiger partial charge is 0.497 e. The number of Topliss-reactive ketones (excluding diaryl/α,β-unsaturated/α-hetero) is 1. The molecule has 126 valence electrons. The molecule has 3 aromatic rings. The van der Waals surface area contributed by atoms with Gasteiger partial charge in [-0.25, -0.2) is 0 Å². The molecule has 0 aliphatic rings. The smallest absolute Gasteiger partial charge is 0.313 e. The van der Waals surface area contributed by atoms with Gasteiger partial charge in [-0.3, -0.25) is 9.59 Å². The highest BCUT2D eigenvalue weighted by Crippen LogP contribution is 2.23. The molecule has 1 aromatic heterocycles. The third-order valence-electron chi connectivity index (χ3n) is 3.49. The second-order valence-corrected chi connectivity index (χ2v) is 5.23. The van der Waals surface area contributed by atoms with Gasteiger partial charge in [0.25, 0.3) is 0 Å². The van der Waals surface area contributed by atoms with E-state index in [4.69, 9.17) is 9.15 Å². The third kappa shape index (κ3) is 3.72. The van der Waals surface area contributed by atoms with E-state index in [9.17, 15) is 9.59 Å². The van der Waals surface area contributed by atoms with Crippen molar-refractivity contribution in [2.75, 3.05) is 12.4 Å². The van der Waals surface area contributed by atoms with Gasteiger partial charge < -0.3 is 14.5 Å². The van der Waals surface area contributed by atoms with E-state index in [1.807, 2.05) is 0 Å². The molecule has 1 N–H and O–H groups in total. The predicted octanol–water partition coefficient (Wildman–Crippen LogP) is 3.20. The minimum Gasteiger partial charge on any atom is -0.497 e. The minimum absolute atomic E-state index is 0.0438. The fourth-order valence-electron chi connectivity index (χ4n) is 2.16. The minimum atomic E-state index is -0.530. The van der Waals surface area contributed by atoms with E-state index in [1.54, 1.807) is 55.6 Å². The number of nitrogens with zero attached hydrogens (tertiary/aromatic N) is 2. The monoisotopic (exact) mass is 337 g/mol. The van der Waals surface area contributed by atoms with Gasteiger partial charge in [0.15, 0.2) is 5.78 Å². The molecule has 0 bridgehead atoms. The van der Waals surface area contributed by atoms with Crippen molar-refractivity contribution in [1.29, 1.82) is 0 Å². The standard InChI is InChI=1S/C18H15N3O4/c1-11(22)12-6-8-14(9-7-12)19-16(23)18-21-20-17(25-18)13-4-3-5-15(10-13)24-2/h3-10H,1-2H3,(H,19,23). The van der Waals surface area contributed by atoms with Crippen LogP contribution in [-0.4, -0.2) is 29.0 Å². The van der Waals surface area contributed by atoms with Gasteiger partial charge in [-0.1, -0.05) is 6.07 Å². The number of ketones is 1. The van der Waals surface area contributed by atoms with Crippen LogP contribution in [0.1, 0.15) is 28.0 Å². The molecular formula is C18H15N3O4. The second kappa shape index (κ2) is 6.96. The van der Waals surface area contributed by atoms with Crippen LogP contribution in [0.4, 0.5) is 5.69 Å². The number of hydrogen-bond acceptors (Lipinski definition) is 6. The Morgan fingerprint density at radius 1 is 1.08 bits per heavy atom. The van der Waals surface area contributed by atoms with Crippen molar-refractivity contribution in [3.63, 3.8) is 0 Å².